The van der Waals surface area contributed by atoms with Gasteiger partial charge in [0.15, 0.2) is 0 Å². The van der Waals surface area contributed by atoms with Crippen LogP contribution in [0.15, 0.2) is 30.3 Å². The maximum Gasteiger partial charge on any atom is 0.342 e. The predicted molar refractivity (Wildman–Crippen MR) is 98.4 cm³/mol. The standard InChI is InChI=1S/C19H30N2O4/c22-18(25-24)15-11-6-4-2-1-3-5-7-12-16-20-19(23)21-17-13-9-8-10-14-17/h8-10,13-14,24H,1-7,11-12,15-16H2,(H2,20,21,23). The molecular formula is C19H30N2O4. The third-order valence-corrected chi connectivity index (χ3v) is 3.98. The summed E-state index contributed by atoms with van der Waals surface area (Å²) in [5, 5.41) is 13.8. The highest BCUT2D eigenvalue weighted by Crippen LogP contribution is 2.10. The van der Waals surface area contributed by atoms with Crippen molar-refractivity contribution in [3.05, 3.63) is 30.3 Å². The summed E-state index contributed by atoms with van der Waals surface area (Å²) in [6, 6.07) is 9.25. The molecule has 2 amide bonds. The van der Waals surface area contributed by atoms with Crippen LogP contribution in [0.25, 0.3) is 0 Å². The van der Waals surface area contributed by atoms with Gasteiger partial charge in [-0.05, 0) is 25.0 Å². The molecule has 0 aliphatic carbocycles. The first-order valence-corrected chi connectivity index (χ1v) is 9.16. The normalized spacial score (nSPS) is 10.3. The molecule has 1 aromatic rings. The molecule has 0 aromatic heterocycles. The molecular weight excluding hydrogens is 320 g/mol. The lowest BCUT2D eigenvalue weighted by Gasteiger charge is -2.07. The van der Waals surface area contributed by atoms with Gasteiger partial charge in [-0.25, -0.2) is 9.59 Å². The van der Waals surface area contributed by atoms with Crippen LogP contribution < -0.4 is 10.6 Å². The Hall–Kier alpha value is -2.08. The van der Waals surface area contributed by atoms with E-state index >= 15 is 0 Å². The van der Waals surface area contributed by atoms with Crippen LogP contribution in [0.1, 0.15) is 64.2 Å². The minimum atomic E-state index is -0.550. The van der Waals surface area contributed by atoms with Crippen molar-refractivity contribution in [3.8, 4) is 0 Å². The molecule has 0 fully saturated rings. The minimum absolute atomic E-state index is 0.156. The molecule has 1 aromatic carbocycles. The Bertz CT molecular complexity index is 480. The van der Waals surface area contributed by atoms with E-state index in [-0.39, 0.29) is 6.03 Å². The fourth-order valence-electron chi connectivity index (χ4n) is 2.58. The number of hydrogen-bond acceptors (Lipinski definition) is 4. The first-order chi connectivity index (χ1) is 12.2. The van der Waals surface area contributed by atoms with E-state index in [0.29, 0.717) is 13.0 Å². The molecule has 3 N–H and O–H groups in total. The van der Waals surface area contributed by atoms with Crippen molar-refractivity contribution in [1.29, 1.82) is 0 Å². The lowest BCUT2D eigenvalue weighted by molar-refractivity contribution is -0.234. The smallest absolute Gasteiger partial charge is 0.338 e. The van der Waals surface area contributed by atoms with Gasteiger partial charge in [-0.15, -0.1) is 0 Å². The van der Waals surface area contributed by atoms with Gasteiger partial charge in [0, 0.05) is 18.7 Å². The number of hydrogen-bond donors (Lipinski definition) is 3. The minimum Gasteiger partial charge on any atom is -0.338 e. The van der Waals surface area contributed by atoms with E-state index < -0.39 is 5.97 Å². The molecule has 0 saturated heterocycles. The Labute approximate surface area is 149 Å². The van der Waals surface area contributed by atoms with Gasteiger partial charge in [0.05, 0.1) is 0 Å². The number of carbonyl (C=O) groups excluding carboxylic acids is 2. The zero-order chi connectivity index (χ0) is 18.2. The fourth-order valence-corrected chi connectivity index (χ4v) is 2.58. The highest BCUT2D eigenvalue weighted by atomic mass is 17.1. The molecule has 0 atom stereocenters. The molecule has 0 saturated carbocycles. The first kappa shape index (κ1) is 21.0. The molecule has 0 aliphatic heterocycles. The summed E-state index contributed by atoms with van der Waals surface area (Å²) in [5.74, 6) is -0.550. The van der Waals surface area contributed by atoms with E-state index in [1.165, 1.54) is 25.7 Å². The molecule has 0 unspecified atom stereocenters. The highest BCUT2D eigenvalue weighted by molar-refractivity contribution is 5.89. The number of anilines is 1. The summed E-state index contributed by atoms with van der Waals surface area (Å²) in [5.41, 5.74) is 0.799. The Kier molecular flexibility index (Phi) is 12.0. The summed E-state index contributed by atoms with van der Waals surface area (Å²) >= 11 is 0. The number of unbranched alkanes of at least 4 members (excludes halogenated alkanes) is 8. The van der Waals surface area contributed by atoms with Gasteiger partial charge >= 0.3 is 12.0 Å². The second-order valence-electron chi connectivity index (χ2n) is 6.14. The quantitative estimate of drug-likeness (QED) is 0.273. The van der Waals surface area contributed by atoms with Crippen LogP contribution in [0, 0.1) is 0 Å². The molecule has 0 bridgehead atoms. The first-order valence-electron chi connectivity index (χ1n) is 9.16. The van der Waals surface area contributed by atoms with Crippen LogP contribution in [-0.4, -0.2) is 23.8 Å². The van der Waals surface area contributed by atoms with Crippen LogP contribution in [0.3, 0.4) is 0 Å². The molecule has 25 heavy (non-hydrogen) atoms. The van der Waals surface area contributed by atoms with Crippen molar-refractivity contribution in [2.75, 3.05) is 11.9 Å². The van der Waals surface area contributed by atoms with Crippen molar-refractivity contribution in [2.45, 2.75) is 64.2 Å². The molecule has 6 nitrogen and oxygen atoms in total. The summed E-state index contributed by atoms with van der Waals surface area (Å²) in [7, 11) is 0. The van der Waals surface area contributed by atoms with E-state index in [1.54, 1.807) is 0 Å². The predicted octanol–water partition coefficient (Wildman–Crippen LogP) is 4.73. The number of nitrogens with one attached hydrogen (secondary N) is 2. The average molecular weight is 350 g/mol. The lowest BCUT2D eigenvalue weighted by Crippen LogP contribution is -2.29. The zero-order valence-corrected chi connectivity index (χ0v) is 14.8. The summed E-state index contributed by atoms with van der Waals surface area (Å²) in [6.07, 6.45) is 10.0. The second kappa shape index (κ2) is 14.3. The summed E-state index contributed by atoms with van der Waals surface area (Å²) in [6.45, 7) is 0.694. The van der Waals surface area contributed by atoms with Gasteiger partial charge in [-0.2, -0.15) is 5.26 Å². The topological polar surface area (TPSA) is 87.7 Å². The SMILES string of the molecule is O=C(NCCCCCCCCCCCC(=O)OO)Nc1ccccc1. The zero-order valence-electron chi connectivity index (χ0n) is 14.8. The van der Waals surface area contributed by atoms with Gasteiger partial charge in [-0.1, -0.05) is 63.1 Å². The molecule has 0 radical (unpaired) electrons. The van der Waals surface area contributed by atoms with Crippen molar-refractivity contribution < 1.29 is 19.7 Å². The van der Waals surface area contributed by atoms with Crippen LogP contribution in [0.5, 0.6) is 0 Å². The lowest BCUT2D eigenvalue weighted by atomic mass is 10.1. The highest BCUT2D eigenvalue weighted by Gasteiger charge is 2.01. The van der Waals surface area contributed by atoms with Crippen LogP contribution in [-0.2, 0) is 9.68 Å². The molecule has 1 rings (SSSR count). The van der Waals surface area contributed by atoms with E-state index in [9.17, 15) is 9.59 Å². The number of urea groups is 1. The van der Waals surface area contributed by atoms with Crippen LogP contribution in [0.4, 0.5) is 10.5 Å². The van der Waals surface area contributed by atoms with E-state index in [2.05, 4.69) is 15.5 Å². The van der Waals surface area contributed by atoms with Crippen LogP contribution in [0.2, 0.25) is 0 Å². The average Bonchev–Trinajstić information content (AvgIpc) is 2.63. The van der Waals surface area contributed by atoms with E-state index in [0.717, 1.165) is 37.8 Å². The van der Waals surface area contributed by atoms with E-state index in [4.69, 9.17) is 5.26 Å². The summed E-state index contributed by atoms with van der Waals surface area (Å²) in [4.78, 5) is 26.0. The maximum absolute atomic E-state index is 11.7. The number of para-hydroxylation sites is 1. The molecule has 0 aliphatic rings. The monoisotopic (exact) mass is 350 g/mol. The van der Waals surface area contributed by atoms with E-state index in [1.807, 2.05) is 30.3 Å². The van der Waals surface area contributed by atoms with Crippen LogP contribution >= 0.6 is 0 Å². The number of benzene rings is 1. The third kappa shape index (κ3) is 12.0. The Morgan fingerprint density at radius 1 is 0.840 bits per heavy atom. The number of rotatable bonds is 13. The van der Waals surface area contributed by atoms with Gasteiger partial charge in [-0.3, -0.25) is 0 Å². The van der Waals surface area contributed by atoms with Crippen molar-refractivity contribution >= 4 is 17.7 Å². The fraction of sp³-hybridized carbons (Fsp3) is 0.579. The van der Waals surface area contributed by atoms with Gasteiger partial charge in [0.25, 0.3) is 0 Å². The molecule has 140 valence electrons. The molecule has 0 spiro atoms. The second-order valence-corrected chi connectivity index (χ2v) is 6.14. The Morgan fingerprint density at radius 2 is 1.40 bits per heavy atom. The van der Waals surface area contributed by atoms with Gasteiger partial charge < -0.3 is 15.5 Å². The van der Waals surface area contributed by atoms with Gasteiger partial charge in [0.2, 0.25) is 0 Å². The molecule has 0 heterocycles. The van der Waals surface area contributed by atoms with Crippen molar-refractivity contribution in [3.63, 3.8) is 0 Å². The Morgan fingerprint density at radius 3 is 2.00 bits per heavy atom. The largest absolute Gasteiger partial charge is 0.342 e. The maximum atomic E-state index is 11.7. The number of carbonyl (C=O) groups is 2. The third-order valence-electron chi connectivity index (χ3n) is 3.98. The van der Waals surface area contributed by atoms with Crippen molar-refractivity contribution in [2.24, 2.45) is 0 Å². The summed E-state index contributed by atoms with van der Waals surface area (Å²) < 4.78 is 0. The molecule has 6 heteroatoms. The number of amides is 2. The van der Waals surface area contributed by atoms with Crippen molar-refractivity contribution in [1.82, 2.24) is 5.32 Å². The Balaban J connectivity index is 1.83. The van der Waals surface area contributed by atoms with Gasteiger partial charge in [0.1, 0.15) is 0 Å².